The predicted molar refractivity (Wildman–Crippen MR) is 130 cm³/mol. The molecule has 0 saturated carbocycles. The molecule has 212 valence electrons. The normalized spacial score (nSPS) is 9.40. The van der Waals surface area contributed by atoms with Crippen molar-refractivity contribution in [1.82, 2.24) is 0 Å². The topological polar surface area (TPSA) is 298 Å². The van der Waals surface area contributed by atoms with E-state index in [0.717, 1.165) is 0 Å². The van der Waals surface area contributed by atoms with Gasteiger partial charge in [-0.25, -0.2) is 38.4 Å². The lowest BCUT2D eigenvalue weighted by Gasteiger charge is -1.98. The van der Waals surface area contributed by atoms with Crippen LogP contribution in [-0.4, -0.2) is 88.6 Å². The second-order valence-electron chi connectivity index (χ2n) is 6.33. The molecule has 0 atom stereocenters. The molecule has 40 heavy (non-hydrogen) atoms. The van der Waals surface area contributed by atoms with E-state index in [1.807, 2.05) is 0 Å². The van der Waals surface area contributed by atoms with E-state index in [4.69, 9.17) is 40.9 Å². The number of rotatable bonds is 8. The van der Waals surface area contributed by atoms with E-state index in [1.165, 1.54) is 48.5 Å². The molecule has 2 aromatic rings. The first-order valence-corrected chi connectivity index (χ1v) is 9.90. The van der Waals surface area contributed by atoms with Crippen molar-refractivity contribution in [3.8, 4) is 0 Å². The zero-order valence-electron chi connectivity index (χ0n) is 19.8. The Morgan fingerprint density at radius 1 is 0.350 bits per heavy atom. The Labute approximate surface area is 222 Å². The Morgan fingerprint density at radius 3 is 0.600 bits per heavy atom. The highest BCUT2D eigenvalue weighted by Gasteiger charge is 2.14. The minimum Gasteiger partial charge on any atom is -0.478 e. The summed E-state index contributed by atoms with van der Waals surface area (Å²) in [4.78, 5) is 80.1. The van der Waals surface area contributed by atoms with Crippen LogP contribution in [0.15, 0.2) is 72.8 Å². The molecule has 0 radical (unpaired) electrons. The molecule has 8 N–H and O–H groups in total. The fourth-order valence-electron chi connectivity index (χ4n) is 2.00. The maximum absolute atomic E-state index is 10.5. The SMILES string of the molecule is O=C(O)C=CC(=O)O.O=C(O)C=CC(=O)O.O=C(O)c1ccccc1C(=O)O.O=C(O)c1ccccc1C(=O)O. The number of hydrogen-bond donors (Lipinski definition) is 8. The van der Waals surface area contributed by atoms with Crippen molar-refractivity contribution in [2.75, 3.05) is 0 Å². The summed E-state index contributed by atoms with van der Waals surface area (Å²) in [7, 11) is 0. The third-order valence-electron chi connectivity index (χ3n) is 3.51. The summed E-state index contributed by atoms with van der Waals surface area (Å²) in [5.74, 6) is -9.94. The van der Waals surface area contributed by atoms with Crippen LogP contribution in [0.2, 0.25) is 0 Å². The molecule has 0 heterocycles. The van der Waals surface area contributed by atoms with Gasteiger partial charge in [0.25, 0.3) is 0 Å². The van der Waals surface area contributed by atoms with Crippen molar-refractivity contribution >= 4 is 47.8 Å². The molecule has 0 fully saturated rings. The van der Waals surface area contributed by atoms with Crippen molar-refractivity contribution in [1.29, 1.82) is 0 Å². The van der Waals surface area contributed by atoms with Crippen molar-refractivity contribution in [3.63, 3.8) is 0 Å². The molecule has 0 aliphatic rings. The Kier molecular flexibility index (Phi) is 16.9. The number of aliphatic carboxylic acids is 4. The zero-order valence-corrected chi connectivity index (χ0v) is 19.8. The fourth-order valence-corrected chi connectivity index (χ4v) is 2.00. The van der Waals surface area contributed by atoms with Gasteiger partial charge in [-0.3, -0.25) is 0 Å². The van der Waals surface area contributed by atoms with Crippen LogP contribution in [0.5, 0.6) is 0 Å². The van der Waals surface area contributed by atoms with Gasteiger partial charge in [-0.2, -0.15) is 0 Å². The first-order chi connectivity index (χ1) is 18.5. The van der Waals surface area contributed by atoms with Crippen LogP contribution in [0.1, 0.15) is 41.4 Å². The van der Waals surface area contributed by atoms with Crippen molar-refractivity contribution < 1.29 is 79.2 Å². The van der Waals surface area contributed by atoms with Gasteiger partial charge in [0.05, 0.1) is 22.3 Å². The molecule has 16 nitrogen and oxygen atoms in total. The number of carboxylic acids is 8. The molecule has 2 aromatic carbocycles. The summed E-state index contributed by atoms with van der Waals surface area (Å²) in [5.41, 5.74) is -0.759. The average molecular weight is 564 g/mol. The number of carboxylic acid groups (broad SMARTS) is 8. The largest absolute Gasteiger partial charge is 0.478 e. The summed E-state index contributed by atoms with van der Waals surface area (Å²) in [5, 5.41) is 65.5. The second kappa shape index (κ2) is 18.9. The molecule has 16 heteroatoms. The van der Waals surface area contributed by atoms with Crippen molar-refractivity contribution in [3.05, 3.63) is 95.1 Å². The van der Waals surface area contributed by atoms with Gasteiger partial charge in [0.1, 0.15) is 0 Å². The lowest BCUT2D eigenvalue weighted by molar-refractivity contribution is -0.134. The zero-order chi connectivity index (χ0) is 31.4. The first kappa shape index (κ1) is 35.8. The van der Waals surface area contributed by atoms with Gasteiger partial charge in [0.15, 0.2) is 0 Å². The van der Waals surface area contributed by atoms with Gasteiger partial charge in [-0.1, -0.05) is 24.3 Å². The van der Waals surface area contributed by atoms with Crippen LogP contribution < -0.4 is 0 Å². The third-order valence-corrected chi connectivity index (χ3v) is 3.51. The molecule has 0 aliphatic heterocycles. The van der Waals surface area contributed by atoms with Gasteiger partial charge in [-0.05, 0) is 24.3 Å². The summed E-state index contributed by atoms with van der Waals surface area (Å²) < 4.78 is 0. The van der Waals surface area contributed by atoms with Crippen LogP contribution >= 0.6 is 0 Å². The van der Waals surface area contributed by atoms with E-state index in [9.17, 15) is 38.4 Å². The van der Waals surface area contributed by atoms with Crippen LogP contribution in [-0.2, 0) is 19.2 Å². The summed E-state index contributed by atoms with van der Waals surface area (Å²) >= 11 is 0. The minimum absolute atomic E-state index is 0.190. The van der Waals surface area contributed by atoms with Crippen LogP contribution in [0, 0.1) is 0 Å². The Hall–Kier alpha value is -6.32. The molecular formula is C24H20O16. The van der Waals surface area contributed by atoms with Gasteiger partial charge < -0.3 is 40.9 Å². The lowest BCUT2D eigenvalue weighted by Crippen LogP contribution is -2.06. The van der Waals surface area contributed by atoms with E-state index < -0.39 is 47.8 Å². The van der Waals surface area contributed by atoms with Crippen LogP contribution in [0.25, 0.3) is 0 Å². The molecule has 0 spiro atoms. The van der Waals surface area contributed by atoms with Gasteiger partial charge >= 0.3 is 47.8 Å². The molecule has 0 aliphatic carbocycles. The number of carbonyl (C=O) groups is 8. The molecule has 2 rings (SSSR count). The van der Waals surface area contributed by atoms with E-state index in [-0.39, 0.29) is 22.3 Å². The summed E-state index contributed by atoms with van der Waals surface area (Å²) in [6, 6.07) is 11.0. The fraction of sp³-hybridized carbons (Fsp3) is 0. The molecular weight excluding hydrogens is 544 g/mol. The van der Waals surface area contributed by atoms with Crippen LogP contribution in [0.4, 0.5) is 0 Å². The highest BCUT2D eigenvalue weighted by molar-refractivity contribution is 6.02. The smallest absolute Gasteiger partial charge is 0.336 e. The highest BCUT2D eigenvalue weighted by Crippen LogP contribution is 2.08. The van der Waals surface area contributed by atoms with Gasteiger partial charge in [0, 0.05) is 24.3 Å². The van der Waals surface area contributed by atoms with Gasteiger partial charge in [-0.15, -0.1) is 0 Å². The summed E-state index contributed by atoms with van der Waals surface area (Å²) in [6.07, 6.45) is 2.23. The molecule has 0 saturated heterocycles. The molecule has 0 amide bonds. The second-order valence-corrected chi connectivity index (χ2v) is 6.33. The van der Waals surface area contributed by atoms with Crippen molar-refractivity contribution in [2.24, 2.45) is 0 Å². The highest BCUT2D eigenvalue weighted by atomic mass is 16.4. The van der Waals surface area contributed by atoms with E-state index in [2.05, 4.69) is 0 Å². The van der Waals surface area contributed by atoms with E-state index in [1.54, 1.807) is 0 Å². The number of hydrogen-bond acceptors (Lipinski definition) is 8. The maximum atomic E-state index is 10.5. The summed E-state index contributed by atoms with van der Waals surface area (Å²) in [6.45, 7) is 0. The molecule has 0 unspecified atom stereocenters. The Morgan fingerprint density at radius 2 is 0.500 bits per heavy atom. The number of benzene rings is 2. The van der Waals surface area contributed by atoms with E-state index in [0.29, 0.717) is 24.3 Å². The van der Waals surface area contributed by atoms with Gasteiger partial charge in [0.2, 0.25) is 0 Å². The molecule has 0 aromatic heterocycles. The standard InChI is InChI=1S/2C8H6O4.2C4H4O4/c2*9-7(10)5-3-1-2-4-6(5)8(11)12;2*5-3(6)1-2-4(7)8/h2*1-4H,(H,9,10)(H,11,12);2*1-2H,(H,5,6)(H,7,8). The lowest BCUT2D eigenvalue weighted by atomic mass is 10.1. The molecule has 0 bridgehead atoms. The Bertz CT molecular complexity index is 1120. The Balaban J connectivity index is 0. The monoisotopic (exact) mass is 564 g/mol. The van der Waals surface area contributed by atoms with Crippen molar-refractivity contribution in [2.45, 2.75) is 0 Å². The average Bonchev–Trinajstić information content (AvgIpc) is 2.87. The quantitative estimate of drug-likeness (QED) is 0.211. The third kappa shape index (κ3) is 17.2. The number of aromatic carboxylic acids is 4. The minimum atomic E-state index is -1.26. The first-order valence-electron chi connectivity index (χ1n) is 9.90. The van der Waals surface area contributed by atoms with Crippen LogP contribution in [0.3, 0.4) is 0 Å². The predicted octanol–water partition coefficient (Wildman–Crippen LogP) is 1.59. The maximum Gasteiger partial charge on any atom is 0.336 e. The van der Waals surface area contributed by atoms with E-state index >= 15 is 0 Å².